The summed E-state index contributed by atoms with van der Waals surface area (Å²) in [4.78, 5) is 4.18. The molecule has 1 aromatic rings. The van der Waals surface area contributed by atoms with E-state index in [1.165, 1.54) is 0 Å². The van der Waals surface area contributed by atoms with Crippen LogP contribution in [0.3, 0.4) is 0 Å². The molecule has 0 aromatic carbocycles. The van der Waals surface area contributed by atoms with Gasteiger partial charge in [-0.2, -0.15) is 0 Å². The maximum atomic E-state index is 5.81. The molecule has 1 heterocycles. The van der Waals surface area contributed by atoms with Crippen LogP contribution >= 0.6 is 0 Å². The van der Waals surface area contributed by atoms with Crippen molar-refractivity contribution in [2.45, 2.75) is 32.4 Å². The van der Waals surface area contributed by atoms with Crippen molar-refractivity contribution < 1.29 is 0 Å². The van der Waals surface area contributed by atoms with Crippen molar-refractivity contribution in [3.05, 3.63) is 12.4 Å². The number of nitrogens with zero attached hydrogens (tertiary/aromatic N) is 2. The predicted molar refractivity (Wildman–Crippen MR) is 54.6 cm³/mol. The predicted octanol–water partition coefficient (Wildman–Crippen LogP) is 0.958. The van der Waals surface area contributed by atoms with E-state index in [0.717, 1.165) is 12.4 Å². The Kier molecular flexibility index (Phi) is 3.31. The molecule has 0 spiro atoms. The van der Waals surface area contributed by atoms with Crippen molar-refractivity contribution >= 4 is 5.95 Å². The molecule has 0 amide bonds. The lowest BCUT2D eigenvalue weighted by Gasteiger charge is -2.20. The van der Waals surface area contributed by atoms with Gasteiger partial charge in [0, 0.05) is 31.5 Å². The highest BCUT2D eigenvalue weighted by Gasteiger charge is 2.12. The molecule has 0 bridgehead atoms. The standard InChI is InChI=1S/C9H18N4/c1-4-8(7(2)10)12-9-11-5-6-13(9)3/h5-8H,4,10H2,1-3H3,(H,11,12). The largest absolute Gasteiger partial charge is 0.351 e. The molecular weight excluding hydrogens is 164 g/mol. The fraction of sp³-hybridized carbons (Fsp3) is 0.667. The van der Waals surface area contributed by atoms with E-state index in [1.54, 1.807) is 6.20 Å². The van der Waals surface area contributed by atoms with Gasteiger partial charge < -0.3 is 15.6 Å². The van der Waals surface area contributed by atoms with Gasteiger partial charge in [-0.1, -0.05) is 6.92 Å². The Hall–Kier alpha value is -1.03. The molecule has 0 aliphatic rings. The highest BCUT2D eigenvalue weighted by molar-refractivity contribution is 5.27. The molecule has 0 fully saturated rings. The Bertz CT molecular complexity index is 254. The normalized spacial score (nSPS) is 15.4. The third-order valence-corrected chi connectivity index (χ3v) is 2.21. The number of hydrogen-bond donors (Lipinski definition) is 2. The first-order chi connectivity index (χ1) is 6.15. The summed E-state index contributed by atoms with van der Waals surface area (Å²) in [7, 11) is 1.96. The van der Waals surface area contributed by atoms with Gasteiger partial charge in [0.1, 0.15) is 0 Å². The molecule has 0 saturated carbocycles. The molecule has 2 atom stereocenters. The Morgan fingerprint density at radius 3 is 2.77 bits per heavy atom. The molecule has 0 aliphatic heterocycles. The van der Waals surface area contributed by atoms with Crippen molar-refractivity contribution in [2.24, 2.45) is 12.8 Å². The fourth-order valence-corrected chi connectivity index (χ4v) is 1.28. The number of aromatic nitrogens is 2. The molecule has 4 nitrogen and oxygen atoms in total. The molecule has 0 radical (unpaired) electrons. The SMILES string of the molecule is CCC(Nc1nccn1C)C(C)N. The molecular formula is C9H18N4. The van der Waals surface area contributed by atoms with Crippen LogP contribution in [0.25, 0.3) is 0 Å². The van der Waals surface area contributed by atoms with E-state index in [1.807, 2.05) is 24.7 Å². The van der Waals surface area contributed by atoms with Crippen LogP contribution in [0.15, 0.2) is 12.4 Å². The van der Waals surface area contributed by atoms with E-state index in [9.17, 15) is 0 Å². The Balaban J connectivity index is 2.62. The van der Waals surface area contributed by atoms with E-state index in [0.29, 0.717) is 6.04 Å². The van der Waals surface area contributed by atoms with Crippen molar-refractivity contribution in [3.63, 3.8) is 0 Å². The van der Waals surface area contributed by atoms with Gasteiger partial charge in [0.2, 0.25) is 5.95 Å². The molecule has 13 heavy (non-hydrogen) atoms. The zero-order valence-corrected chi connectivity index (χ0v) is 8.49. The monoisotopic (exact) mass is 182 g/mol. The summed E-state index contributed by atoms with van der Waals surface area (Å²) in [5.74, 6) is 0.879. The van der Waals surface area contributed by atoms with Gasteiger partial charge in [0.05, 0.1) is 0 Å². The van der Waals surface area contributed by atoms with Crippen LogP contribution in [0.1, 0.15) is 20.3 Å². The highest BCUT2D eigenvalue weighted by atomic mass is 15.2. The number of nitrogens with two attached hydrogens (primary N) is 1. The first kappa shape index (κ1) is 10.1. The minimum atomic E-state index is 0.140. The van der Waals surface area contributed by atoms with Crippen LogP contribution < -0.4 is 11.1 Å². The number of imidazole rings is 1. The summed E-state index contributed by atoms with van der Waals surface area (Å²) in [5, 5.41) is 3.30. The highest BCUT2D eigenvalue weighted by Crippen LogP contribution is 2.07. The summed E-state index contributed by atoms with van der Waals surface area (Å²) in [6, 6.07) is 0.433. The summed E-state index contributed by atoms with van der Waals surface area (Å²) >= 11 is 0. The summed E-state index contributed by atoms with van der Waals surface area (Å²) in [6.45, 7) is 4.12. The van der Waals surface area contributed by atoms with Gasteiger partial charge in [0.25, 0.3) is 0 Å². The quantitative estimate of drug-likeness (QED) is 0.729. The summed E-state index contributed by atoms with van der Waals surface area (Å²) in [6.07, 6.45) is 4.69. The average molecular weight is 182 g/mol. The number of anilines is 1. The third kappa shape index (κ3) is 2.45. The van der Waals surface area contributed by atoms with E-state index in [4.69, 9.17) is 5.73 Å². The van der Waals surface area contributed by atoms with E-state index in [-0.39, 0.29) is 6.04 Å². The fourth-order valence-electron chi connectivity index (χ4n) is 1.28. The summed E-state index contributed by atoms with van der Waals surface area (Å²) in [5.41, 5.74) is 5.81. The minimum Gasteiger partial charge on any atom is -0.351 e. The van der Waals surface area contributed by atoms with Gasteiger partial charge in [-0.3, -0.25) is 0 Å². The summed E-state index contributed by atoms with van der Waals surface area (Å²) < 4.78 is 1.95. The van der Waals surface area contributed by atoms with Gasteiger partial charge in [-0.15, -0.1) is 0 Å². The number of aryl methyl sites for hydroxylation is 1. The Labute approximate surface area is 79.1 Å². The molecule has 1 aromatic heterocycles. The molecule has 3 N–H and O–H groups in total. The first-order valence-electron chi connectivity index (χ1n) is 4.64. The average Bonchev–Trinajstić information content (AvgIpc) is 2.46. The molecule has 4 heteroatoms. The molecule has 0 aliphatic carbocycles. The van der Waals surface area contributed by atoms with Gasteiger partial charge in [0.15, 0.2) is 0 Å². The van der Waals surface area contributed by atoms with Gasteiger partial charge in [-0.05, 0) is 13.3 Å². The zero-order valence-electron chi connectivity index (χ0n) is 8.49. The lowest BCUT2D eigenvalue weighted by molar-refractivity contribution is 0.572. The van der Waals surface area contributed by atoms with Crippen LogP contribution in [0.5, 0.6) is 0 Å². The van der Waals surface area contributed by atoms with Crippen LogP contribution in [0.4, 0.5) is 5.95 Å². The van der Waals surface area contributed by atoms with Gasteiger partial charge >= 0.3 is 0 Å². The second-order valence-electron chi connectivity index (χ2n) is 3.38. The number of hydrogen-bond acceptors (Lipinski definition) is 3. The zero-order chi connectivity index (χ0) is 9.84. The first-order valence-corrected chi connectivity index (χ1v) is 4.64. The van der Waals surface area contributed by atoms with Crippen molar-refractivity contribution in [3.8, 4) is 0 Å². The van der Waals surface area contributed by atoms with Crippen LogP contribution in [0.2, 0.25) is 0 Å². The van der Waals surface area contributed by atoms with E-state index < -0.39 is 0 Å². The van der Waals surface area contributed by atoms with Crippen molar-refractivity contribution in [2.75, 3.05) is 5.32 Å². The topological polar surface area (TPSA) is 55.9 Å². The molecule has 74 valence electrons. The second-order valence-corrected chi connectivity index (χ2v) is 3.38. The minimum absolute atomic E-state index is 0.140. The van der Waals surface area contributed by atoms with E-state index >= 15 is 0 Å². The van der Waals surface area contributed by atoms with Crippen LogP contribution in [-0.2, 0) is 7.05 Å². The lowest BCUT2D eigenvalue weighted by Crippen LogP contribution is -2.38. The van der Waals surface area contributed by atoms with Crippen molar-refractivity contribution in [1.82, 2.24) is 9.55 Å². The third-order valence-electron chi connectivity index (χ3n) is 2.21. The molecule has 0 saturated heterocycles. The molecule has 2 unspecified atom stereocenters. The lowest BCUT2D eigenvalue weighted by atomic mass is 10.1. The molecule has 1 rings (SSSR count). The second kappa shape index (κ2) is 4.28. The smallest absolute Gasteiger partial charge is 0.202 e. The Morgan fingerprint density at radius 1 is 1.69 bits per heavy atom. The van der Waals surface area contributed by atoms with Crippen LogP contribution in [-0.4, -0.2) is 21.6 Å². The maximum absolute atomic E-state index is 5.81. The van der Waals surface area contributed by atoms with Crippen LogP contribution in [0, 0.1) is 0 Å². The van der Waals surface area contributed by atoms with E-state index in [2.05, 4.69) is 17.2 Å². The van der Waals surface area contributed by atoms with Crippen molar-refractivity contribution in [1.29, 1.82) is 0 Å². The Morgan fingerprint density at radius 2 is 2.38 bits per heavy atom. The number of nitrogens with one attached hydrogen (secondary N) is 1. The number of rotatable bonds is 4. The maximum Gasteiger partial charge on any atom is 0.202 e. The van der Waals surface area contributed by atoms with Gasteiger partial charge in [-0.25, -0.2) is 4.98 Å².